The van der Waals surface area contributed by atoms with Crippen LogP contribution in [0.3, 0.4) is 0 Å². The Morgan fingerprint density at radius 1 is 0.897 bits per heavy atom. The summed E-state index contributed by atoms with van der Waals surface area (Å²) >= 11 is 0. The Kier molecular flexibility index (Phi) is 6.80. The number of aryl methyl sites for hydroxylation is 2. The molecule has 1 amide bonds. The molecule has 3 heterocycles. The van der Waals surface area contributed by atoms with Gasteiger partial charge in [-0.05, 0) is 67.9 Å². The van der Waals surface area contributed by atoms with Crippen LogP contribution in [0.15, 0.2) is 85.6 Å². The molecule has 3 aromatic heterocycles. The van der Waals surface area contributed by atoms with Gasteiger partial charge >= 0.3 is 6.18 Å². The van der Waals surface area contributed by atoms with Crippen molar-refractivity contribution in [2.45, 2.75) is 20.0 Å². The molecule has 5 rings (SSSR count). The third kappa shape index (κ3) is 5.93. The summed E-state index contributed by atoms with van der Waals surface area (Å²) in [4.78, 5) is 30.2. The Morgan fingerprint density at radius 3 is 2.46 bits per heavy atom. The largest absolute Gasteiger partial charge is 0.416 e. The summed E-state index contributed by atoms with van der Waals surface area (Å²) in [5.41, 5.74) is 2.89. The molecule has 0 aliphatic heterocycles. The molecular weight excluding hydrogens is 507 g/mol. The molecule has 0 radical (unpaired) electrons. The van der Waals surface area contributed by atoms with Gasteiger partial charge in [-0.3, -0.25) is 9.78 Å². The zero-order chi connectivity index (χ0) is 27.6. The molecule has 0 spiro atoms. The summed E-state index contributed by atoms with van der Waals surface area (Å²) in [5.74, 6) is -0.273. The molecule has 8 nitrogen and oxygen atoms in total. The van der Waals surface area contributed by atoms with E-state index in [-0.39, 0.29) is 16.9 Å². The number of imidazole rings is 1. The van der Waals surface area contributed by atoms with Crippen molar-refractivity contribution in [3.05, 3.63) is 108 Å². The number of hydrogen-bond donors (Lipinski definition) is 2. The molecule has 0 fully saturated rings. The molecule has 0 saturated carbocycles. The van der Waals surface area contributed by atoms with E-state index in [1.165, 1.54) is 17.0 Å². The van der Waals surface area contributed by atoms with E-state index < -0.39 is 17.6 Å². The second kappa shape index (κ2) is 10.4. The number of hydrogen-bond acceptors (Lipinski definition) is 6. The number of rotatable bonds is 6. The van der Waals surface area contributed by atoms with Gasteiger partial charge in [-0.2, -0.15) is 13.2 Å². The number of aromatic nitrogens is 5. The van der Waals surface area contributed by atoms with Crippen molar-refractivity contribution < 1.29 is 18.0 Å². The highest BCUT2D eigenvalue weighted by atomic mass is 19.4. The van der Waals surface area contributed by atoms with Crippen LogP contribution in [0, 0.1) is 13.8 Å². The van der Waals surface area contributed by atoms with Crippen molar-refractivity contribution in [2.24, 2.45) is 0 Å². The van der Waals surface area contributed by atoms with Crippen molar-refractivity contribution in [1.29, 1.82) is 0 Å². The third-order valence-corrected chi connectivity index (χ3v) is 5.84. The standard InChI is InChI=1S/C28H22F3N7O/c1-17-6-7-19(11-25(17)37-27-33-10-8-24(36-27)23-5-3-4-9-32-23)26(39)35-21-12-20(28(29,30)31)13-22(14-21)38-15-18(2)34-16-38/h3-16H,1-2H3,(H,35,39)(H,33,36,37). The first kappa shape index (κ1) is 25.6. The van der Waals surface area contributed by atoms with E-state index in [0.29, 0.717) is 28.7 Å². The lowest BCUT2D eigenvalue weighted by atomic mass is 10.1. The van der Waals surface area contributed by atoms with Gasteiger partial charge in [0.25, 0.3) is 5.91 Å². The molecule has 11 heteroatoms. The van der Waals surface area contributed by atoms with Crippen molar-refractivity contribution in [2.75, 3.05) is 10.6 Å². The summed E-state index contributed by atoms with van der Waals surface area (Å²) in [6, 6.07) is 15.5. The van der Waals surface area contributed by atoms with Gasteiger partial charge < -0.3 is 15.2 Å². The van der Waals surface area contributed by atoms with E-state index in [9.17, 15) is 18.0 Å². The van der Waals surface area contributed by atoms with Gasteiger partial charge in [0, 0.05) is 41.2 Å². The number of carbonyl (C=O) groups excluding carboxylic acids is 1. The highest BCUT2D eigenvalue weighted by molar-refractivity contribution is 6.05. The summed E-state index contributed by atoms with van der Waals surface area (Å²) < 4.78 is 42.3. The molecular formula is C28H22F3N7O. The first-order chi connectivity index (χ1) is 18.7. The average Bonchev–Trinajstić information content (AvgIpc) is 3.36. The lowest BCUT2D eigenvalue weighted by Crippen LogP contribution is -2.14. The predicted molar refractivity (Wildman–Crippen MR) is 141 cm³/mol. The van der Waals surface area contributed by atoms with E-state index in [2.05, 4.69) is 30.6 Å². The Bertz CT molecular complexity index is 1650. The van der Waals surface area contributed by atoms with Gasteiger partial charge in [0.05, 0.1) is 29.0 Å². The van der Waals surface area contributed by atoms with Crippen LogP contribution in [0.2, 0.25) is 0 Å². The van der Waals surface area contributed by atoms with Crippen LogP contribution in [0.4, 0.5) is 30.5 Å². The lowest BCUT2D eigenvalue weighted by molar-refractivity contribution is -0.137. The minimum Gasteiger partial charge on any atom is -0.324 e. The number of nitrogens with zero attached hydrogens (tertiary/aromatic N) is 5. The van der Waals surface area contributed by atoms with E-state index >= 15 is 0 Å². The minimum absolute atomic E-state index is 0.00217. The molecule has 5 aromatic rings. The Morgan fingerprint density at radius 2 is 1.74 bits per heavy atom. The molecule has 0 aliphatic carbocycles. The number of halogens is 3. The topological polar surface area (TPSA) is 97.6 Å². The fourth-order valence-electron chi connectivity index (χ4n) is 3.86. The highest BCUT2D eigenvalue weighted by Crippen LogP contribution is 2.33. The number of carbonyl (C=O) groups is 1. The van der Waals surface area contributed by atoms with Crippen LogP contribution in [0.25, 0.3) is 17.1 Å². The number of anilines is 3. The molecule has 196 valence electrons. The summed E-state index contributed by atoms with van der Waals surface area (Å²) in [7, 11) is 0. The summed E-state index contributed by atoms with van der Waals surface area (Å²) in [6.07, 6.45) is 1.68. The first-order valence-corrected chi connectivity index (χ1v) is 11.8. The number of pyridine rings is 1. The Hall–Kier alpha value is -5.06. The quantitative estimate of drug-likeness (QED) is 0.266. The van der Waals surface area contributed by atoms with Gasteiger partial charge in [0.15, 0.2) is 0 Å². The van der Waals surface area contributed by atoms with Crippen LogP contribution < -0.4 is 10.6 Å². The number of nitrogens with one attached hydrogen (secondary N) is 2. The smallest absolute Gasteiger partial charge is 0.324 e. The summed E-state index contributed by atoms with van der Waals surface area (Å²) in [5, 5.41) is 5.70. The van der Waals surface area contributed by atoms with Gasteiger partial charge in [-0.1, -0.05) is 12.1 Å². The van der Waals surface area contributed by atoms with Crippen LogP contribution >= 0.6 is 0 Å². The Labute approximate surface area is 221 Å². The first-order valence-electron chi connectivity index (χ1n) is 11.8. The van der Waals surface area contributed by atoms with Gasteiger partial charge in [0.2, 0.25) is 5.95 Å². The van der Waals surface area contributed by atoms with Crippen molar-refractivity contribution in [3.63, 3.8) is 0 Å². The fraction of sp³-hybridized carbons (Fsp3) is 0.107. The molecule has 0 unspecified atom stereocenters. The van der Waals surface area contributed by atoms with Crippen molar-refractivity contribution >= 4 is 23.2 Å². The normalized spacial score (nSPS) is 11.3. The summed E-state index contributed by atoms with van der Waals surface area (Å²) in [6.45, 7) is 3.58. The zero-order valence-corrected chi connectivity index (χ0v) is 20.9. The molecule has 0 bridgehead atoms. The number of benzene rings is 2. The predicted octanol–water partition coefficient (Wildman–Crippen LogP) is 6.36. The molecule has 0 atom stereocenters. The maximum Gasteiger partial charge on any atom is 0.416 e. The maximum absolute atomic E-state index is 13.6. The van der Waals surface area contributed by atoms with Crippen LogP contribution in [0.5, 0.6) is 0 Å². The van der Waals surface area contributed by atoms with Crippen LogP contribution in [-0.4, -0.2) is 30.4 Å². The molecule has 0 saturated heterocycles. The fourth-order valence-corrected chi connectivity index (χ4v) is 3.86. The molecule has 2 aromatic carbocycles. The highest BCUT2D eigenvalue weighted by Gasteiger charge is 2.31. The minimum atomic E-state index is -4.60. The van der Waals surface area contributed by atoms with Crippen LogP contribution in [0.1, 0.15) is 27.2 Å². The van der Waals surface area contributed by atoms with E-state index in [4.69, 9.17) is 0 Å². The molecule has 0 aliphatic rings. The lowest BCUT2D eigenvalue weighted by Gasteiger charge is -2.14. The monoisotopic (exact) mass is 529 g/mol. The second-order valence-electron chi connectivity index (χ2n) is 8.78. The van der Waals surface area contributed by atoms with Crippen LogP contribution in [-0.2, 0) is 6.18 Å². The third-order valence-electron chi connectivity index (χ3n) is 5.84. The second-order valence-corrected chi connectivity index (χ2v) is 8.78. The molecule has 39 heavy (non-hydrogen) atoms. The van der Waals surface area contributed by atoms with Crippen molar-refractivity contribution in [3.8, 4) is 17.1 Å². The van der Waals surface area contributed by atoms with E-state index in [1.54, 1.807) is 49.8 Å². The van der Waals surface area contributed by atoms with Crippen molar-refractivity contribution in [1.82, 2.24) is 24.5 Å². The van der Waals surface area contributed by atoms with Gasteiger partial charge in [-0.15, -0.1) is 0 Å². The maximum atomic E-state index is 13.6. The zero-order valence-electron chi connectivity index (χ0n) is 20.9. The van der Waals surface area contributed by atoms with Gasteiger partial charge in [-0.25, -0.2) is 15.0 Å². The SMILES string of the molecule is Cc1cn(-c2cc(NC(=O)c3ccc(C)c(Nc4nccc(-c5ccccn5)n4)c3)cc(C(F)(F)F)c2)cn1. The average molecular weight is 530 g/mol. The number of amides is 1. The Balaban J connectivity index is 1.41. The number of alkyl halides is 3. The van der Waals surface area contributed by atoms with Gasteiger partial charge in [0.1, 0.15) is 0 Å². The van der Waals surface area contributed by atoms with E-state index in [1.807, 2.05) is 25.1 Å². The molecule has 2 N–H and O–H groups in total. The van der Waals surface area contributed by atoms with E-state index in [0.717, 1.165) is 17.7 Å².